The number of likely N-dealkylation sites (N-methyl/N-ethyl adjacent to an activating group) is 1. The molecule has 1 saturated carbocycles. The van der Waals surface area contributed by atoms with E-state index in [1.807, 2.05) is 0 Å². The van der Waals surface area contributed by atoms with Gasteiger partial charge in [-0.25, -0.2) is 0 Å². The van der Waals surface area contributed by atoms with Crippen LogP contribution in [0.1, 0.15) is 22.3 Å². The van der Waals surface area contributed by atoms with E-state index in [9.17, 15) is 34.8 Å². The Balaban J connectivity index is 1.95. The second kappa shape index (κ2) is 7.26. The molecule has 1 aromatic rings. The summed E-state index contributed by atoms with van der Waals surface area (Å²) in [6.45, 7) is 0. The molecule has 1 fully saturated rings. The lowest BCUT2D eigenvalue weighted by atomic mass is 9.56. The maximum atomic E-state index is 13.3. The number of Topliss-reactive ketones (excluding diaryl/α,β-unsaturated/α-hetero) is 2. The topological polar surface area (TPSA) is 161 Å². The van der Waals surface area contributed by atoms with Crippen LogP contribution in [0.4, 0.5) is 0 Å². The molecule has 0 saturated heterocycles. The number of halogens is 1. The predicted molar refractivity (Wildman–Crippen MR) is 116 cm³/mol. The van der Waals surface area contributed by atoms with Crippen LogP contribution >= 0.6 is 22.6 Å². The highest BCUT2D eigenvalue weighted by Crippen LogP contribution is 2.52. The SMILES string of the molecule is CN(C)[C@@H]1C(O)C(C(N)=O)C(=O)[C@@]2(O)C(O)=C3C(=O)c4c(O)ccc(I)c4CC3CC12. The van der Waals surface area contributed by atoms with Gasteiger partial charge in [0.25, 0.3) is 0 Å². The Hall–Kier alpha value is -2.02. The van der Waals surface area contributed by atoms with Gasteiger partial charge < -0.3 is 31.1 Å². The molecular formula is C21H23IN2O7. The maximum Gasteiger partial charge on any atom is 0.230 e. The first-order valence-corrected chi connectivity index (χ1v) is 10.9. The summed E-state index contributed by atoms with van der Waals surface area (Å²) in [4.78, 5) is 40.0. The van der Waals surface area contributed by atoms with Crippen molar-refractivity contribution in [3.63, 3.8) is 0 Å². The van der Waals surface area contributed by atoms with Crippen molar-refractivity contribution in [2.75, 3.05) is 14.1 Å². The number of carbonyl (C=O) groups is 3. The van der Waals surface area contributed by atoms with Crippen LogP contribution in [0.15, 0.2) is 23.5 Å². The van der Waals surface area contributed by atoms with Crippen molar-refractivity contribution in [2.24, 2.45) is 23.5 Å². The number of hydrogen-bond acceptors (Lipinski definition) is 8. The van der Waals surface area contributed by atoms with Crippen LogP contribution in [0.25, 0.3) is 0 Å². The second-order valence-corrected chi connectivity index (χ2v) is 9.87. The number of fused-ring (bicyclic) bond motifs is 3. The highest BCUT2D eigenvalue weighted by Gasteiger charge is 2.66. The van der Waals surface area contributed by atoms with Gasteiger partial charge in [0.1, 0.15) is 17.4 Å². The highest BCUT2D eigenvalue weighted by atomic mass is 127. The van der Waals surface area contributed by atoms with Gasteiger partial charge in [0.05, 0.1) is 11.7 Å². The zero-order valence-electron chi connectivity index (χ0n) is 16.9. The summed E-state index contributed by atoms with van der Waals surface area (Å²) in [6, 6.07) is 2.19. The van der Waals surface area contributed by atoms with Crippen LogP contribution in [0.2, 0.25) is 0 Å². The molecule has 0 spiro atoms. The van der Waals surface area contributed by atoms with Gasteiger partial charge in [-0.1, -0.05) is 0 Å². The van der Waals surface area contributed by atoms with Crippen molar-refractivity contribution in [1.82, 2.24) is 4.90 Å². The number of benzene rings is 1. The molecule has 166 valence electrons. The third-order valence-electron chi connectivity index (χ3n) is 6.92. The fourth-order valence-electron chi connectivity index (χ4n) is 5.57. The average Bonchev–Trinajstić information content (AvgIpc) is 2.67. The Kier molecular flexibility index (Phi) is 5.19. The summed E-state index contributed by atoms with van der Waals surface area (Å²) in [7, 11) is 3.25. The number of nitrogens with zero attached hydrogens (tertiary/aromatic N) is 1. The van der Waals surface area contributed by atoms with Crippen LogP contribution < -0.4 is 5.73 Å². The lowest BCUT2D eigenvalue weighted by molar-refractivity contribution is -0.178. The van der Waals surface area contributed by atoms with E-state index in [0.29, 0.717) is 12.0 Å². The first-order valence-electron chi connectivity index (χ1n) is 9.82. The van der Waals surface area contributed by atoms with Crippen LogP contribution in [0.3, 0.4) is 0 Å². The lowest BCUT2D eigenvalue weighted by Gasteiger charge is -2.53. The van der Waals surface area contributed by atoms with Crippen molar-refractivity contribution in [3.05, 3.63) is 38.2 Å². The Bertz CT molecular complexity index is 1050. The quantitative estimate of drug-likeness (QED) is 0.256. The van der Waals surface area contributed by atoms with Crippen molar-refractivity contribution >= 4 is 40.1 Å². The number of phenols is 1. The van der Waals surface area contributed by atoms with Gasteiger partial charge in [-0.05, 0) is 73.1 Å². The number of aliphatic hydroxyl groups excluding tert-OH is 2. The summed E-state index contributed by atoms with van der Waals surface area (Å²) in [5.41, 5.74) is 3.32. The Morgan fingerprint density at radius 2 is 1.90 bits per heavy atom. The molecule has 6 atom stereocenters. The smallest absolute Gasteiger partial charge is 0.230 e. The molecule has 0 aliphatic heterocycles. The molecular weight excluding hydrogens is 519 g/mol. The number of hydrogen-bond donors (Lipinski definition) is 5. The normalized spacial score (nSPS) is 35.0. The van der Waals surface area contributed by atoms with E-state index in [0.717, 1.165) is 3.57 Å². The number of phenolic OH excluding ortho intramolecular Hbond substituents is 1. The molecule has 3 aliphatic rings. The van der Waals surface area contributed by atoms with E-state index in [1.165, 1.54) is 6.07 Å². The van der Waals surface area contributed by atoms with Gasteiger partial charge in [0, 0.05) is 21.1 Å². The number of aliphatic hydroxyl groups is 3. The molecule has 1 amide bonds. The average molecular weight is 542 g/mol. The first kappa shape index (κ1) is 22.2. The molecule has 9 nitrogen and oxygen atoms in total. The minimum absolute atomic E-state index is 0.0330. The molecule has 0 heterocycles. The van der Waals surface area contributed by atoms with Crippen LogP contribution in [0, 0.1) is 21.3 Å². The fourth-order valence-corrected chi connectivity index (χ4v) is 6.24. The van der Waals surface area contributed by atoms with Gasteiger partial charge in [-0.15, -0.1) is 0 Å². The highest BCUT2D eigenvalue weighted by molar-refractivity contribution is 14.1. The summed E-state index contributed by atoms with van der Waals surface area (Å²) in [5.74, 6) is -7.23. The number of carbonyl (C=O) groups excluding carboxylic acids is 3. The standard InChI is InChI=1S/C21H23IN2O7/c1-24(2)15-9-6-7-5-8-10(22)3-4-11(25)13(8)16(26)12(7)18(28)21(9,31)19(29)14(17(15)27)20(23)30/h3-4,7,9,14-15,17,25,27-28,31H,5-6H2,1-2H3,(H2,23,30)/t7?,9?,14?,15-,17?,21-/m0/s1. The van der Waals surface area contributed by atoms with Gasteiger partial charge in [-0.2, -0.15) is 0 Å². The number of primary amides is 1. The van der Waals surface area contributed by atoms with Gasteiger partial charge in [0.15, 0.2) is 17.2 Å². The molecule has 3 aliphatic carbocycles. The van der Waals surface area contributed by atoms with Crippen molar-refractivity contribution < 1.29 is 34.8 Å². The number of aromatic hydroxyl groups is 1. The third kappa shape index (κ3) is 2.88. The number of amides is 1. The van der Waals surface area contributed by atoms with Crippen molar-refractivity contribution in [3.8, 4) is 5.75 Å². The van der Waals surface area contributed by atoms with Crippen LogP contribution in [0.5, 0.6) is 5.75 Å². The molecule has 0 bridgehead atoms. The summed E-state index contributed by atoms with van der Waals surface area (Å²) in [5, 5.41) is 43.7. The number of nitrogens with two attached hydrogens (primary N) is 1. The zero-order valence-corrected chi connectivity index (χ0v) is 19.0. The van der Waals surface area contributed by atoms with E-state index >= 15 is 0 Å². The molecule has 4 rings (SSSR count). The maximum absolute atomic E-state index is 13.3. The number of allylic oxidation sites excluding steroid dienone is 1. The van der Waals surface area contributed by atoms with Gasteiger partial charge in [0.2, 0.25) is 5.91 Å². The van der Waals surface area contributed by atoms with E-state index in [2.05, 4.69) is 22.6 Å². The van der Waals surface area contributed by atoms with Crippen molar-refractivity contribution in [1.29, 1.82) is 0 Å². The fraction of sp³-hybridized carbons (Fsp3) is 0.476. The Morgan fingerprint density at radius 3 is 2.48 bits per heavy atom. The largest absolute Gasteiger partial charge is 0.508 e. The van der Waals surface area contributed by atoms with Crippen molar-refractivity contribution in [2.45, 2.75) is 30.6 Å². The van der Waals surface area contributed by atoms with Gasteiger partial charge >= 0.3 is 0 Å². The zero-order chi connectivity index (χ0) is 23.0. The minimum atomic E-state index is -2.55. The summed E-state index contributed by atoms with van der Waals surface area (Å²) in [6.07, 6.45) is -1.05. The molecule has 6 N–H and O–H groups in total. The molecule has 4 unspecified atom stereocenters. The Morgan fingerprint density at radius 1 is 1.26 bits per heavy atom. The molecule has 10 heteroatoms. The van der Waals surface area contributed by atoms with E-state index < -0.39 is 58.7 Å². The number of rotatable bonds is 2. The van der Waals surface area contributed by atoms with E-state index in [-0.39, 0.29) is 23.3 Å². The van der Waals surface area contributed by atoms with E-state index in [4.69, 9.17) is 5.73 Å². The molecule has 1 aromatic carbocycles. The molecule has 31 heavy (non-hydrogen) atoms. The second-order valence-electron chi connectivity index (χ2n) is 8.71. The number of ketones is 2. The molecule has 0 radical (unpaired) electrons. The summed E-state index contributed by atoms with van der Waals surface area (Å²) >= 11 is 2.06. The first-order chi connectivity index (χ1) is 14.4. The minimum Gasteiger partial charge on any atom is -0.508 e. The van der Waals surface area contributed by atoms with Gasteiger partial charge in [-0.3, -0.25) is 14.4 Å². The summed E-state index contributed by atoms with van der Waals surface area (Å²) < 4.78 is 0.774. The Labute approximate surface area is 191 Å². The lowest BCUT2D eigenvalue weighted by Crippen LogP contribution is -2.71. The third-order valence-corrected chi connectivity index (χ3v) is 7.93. The van der Waals surface area contributed by atoms with Crippen LogP contribution in [-0.2, 0) is 16.0 Å². The van der Waals surface area contributed by atoms with Crippen LogP contribution in [-0.4, -0.2) is 74.6 Å². The molecule has 0 aromatic heterocycles. The van der Waals surface area contributed by atoms with E-state index in [1.54, 1.807) is 25.1 Å². The predicted octanol–water partition coefficient (Wildman–Crippen LogP) is -0.110. The monoisotopic (exact) mass is 542 g/mol.